The SMILES string of the molecule is CCOC(=O)c1c([PH](=O)OCC)c2cc(Cl)ccc2n1S(=O)(=O)c1ccccc1. The summed E-state index contributed by atoms with van der Waals surface area (Å²) in [6, 6.07) is 12.1. The predicted molar refractivity (Wildman–Crippen MR) is 112 cm³/mol. The number of carbonyl (C=O) groups is 1. The van der Waals surface area contributed by atoms with Crippen LogP contribution in [0.4, 0.5) is 0 Å². The lowest BCUT2D eigenvalue weighted by Crippen LogP contribution is -2.24. The van der Waals surface area contributed by atoms with Crippen LogP contribution in [0.1, 0.15) is 24.3 Å². The predicted octanol–water partition coefficient (Wildman–Crippen LogP) is 3.84. The lowest BCUT2D eigenvalue weighted by Gasteiger charge is -2.12. The molecule has 1 unspecified atom stereocenters. The van der Waals surface area contributed by atoms with Crippen molar-refractivity contribution >= 4 is 51.8 Å². The molecule has 0 N–H and O–H groups in total. The first-order valence-electron chi connectivity index (χ1n) is 8.81. The molecular weight excluding hydrogens is 437 g/mol. The van der Waals surface area contributed by atoms with Gasteiger partial charge in [-0.2, -0.15) is 0 Å². The summed E-state index contributed by atoms with van der Waals surface area (Å²) in [4.78, 5) is 12.8. The van der Waals surface area contributed by atoms with Gasteiger partial charge in [0.05, 0.1) is 28.9 Å². The smallest absolute Gasteiger partial charge is 0.356 e. The number of halogens is 1. The molecule has 0 spiro atoms. The Balaban J connectivity index is 2.47. The van der Waals surface area contributed by atoms with Crippen molar-refractivity contribution in [2.45, 2.75) is 18.7 Å². The highest BCUT2D eigenvalue weighted by Crippen LogP contribution is 2.35. The Labute approximate surface area is 174 Å². The number of nitrogens with zero attached hydrogens (tertiary/aromatic N) is 1. The number of ether oxygens (including phenoxy) is 1. The molecule has 0 saturated heterocycles. The molecule has 7 nitrogen and oxygen atoms in total. The molecule has 0 saturated carbocycles. The second-order valence-electron chi connectivity index (χ2n) is 5.91. The molecule has 154 valence electrons. The van der Waals surface area contributed by atoms with Gasteiger partial charge in [-0.15, -0.1) is 0 Å². The van der Waals surface area contributed by atoms with E-state index in [2.05, 4.69) is 0 Å². The Kier molecular flexibility index (Phi) is 6.49. The van der Waals surface area contributed by atoms with E-state index in [-0.39, 0.29) is 40.0 Å². The van der Waals surface area contributed by atoms with Crippen LogP contribution in [0.25, 0.3) is 10.9 Å². The summed E-state index contributed by atoms with van der Waals surface area (Å²) in [7, 11) is -7.17. The zero-order valence-electron chi connectivity index (χ0n) is 15.7. The third-order valence-electron chi connectivity index (χ3n) is 4.12. The monoisotopic (exact) mass is 455 g/mol. The number of fused-ring (bicyclic) bond motifs is 1. The van der Waals surface area contributed by atoms with Crippen molar-refractivity contribution in [1.82, 2.24) is 3.97 Å². The summed E-state index contributed by atoms with van der Waals surface area (Å²) in [5.74, 6) is -0.910. The normalized spacial score (nSPS) is 12.8. The number of hydrogen-bond donors (Lipinski definition) is 0. The second kappa shape index (κ2) is 8.71. The van der Waals surface area contributed by atoms with Crippen LogP contribution in [-0.4, -0.2) is 31.6 Å². The van der Waals surface area contributed by atoms with Crippen molar-refractivity contribution in [3.8, 4) is 0 Å². The van der Waals surface area contributed by atoms with Gasteiger partial charge in [0.1, 0.15) is 0 Å². The van der Waals surface area contributed by atoms with Gasteiger partial charge in [-0.05, 0) is 44.2 Å². The van der Waals surface area contributed by atoms with Crippen LogP contribution in [0.2, 0.25) is 5.02 Å². The van der Waals surface area contributed by atoms with Crippen molar-refractivity contribution in [2.24, 2.45) is 0 Å². The van der Waals surface area contributed by atoms with E-state index in [4.69, 9.17) is 20.9 Å². The summed E-state index contributed by atoms with van der Waals surface area (Å²) in [6.45, 7) is 3.39. The maximum atomic E-state index is 13.4. The van der Waals surface area contributed by atoms with Crippen LogP contribution in [-0.2, 0) is 23.8 Å². The molecule has 0 amide bonds. The Morgan fingerprint density at radius 3 is 2.41 bits per heavy atom. The molecule has 0 aliphatic heterocycles. The van der Waals surface area contributed by atoms with Crippen molar-refractivity contribution in [3.63, 3.8) is 0 Å². The van der Waals surface area contributed by atoms with Gasteiger partial charge in [0.2, 0.25) is 8.03 Å². The minimum absolute atomic E-state index is 0.0154. The molecule has 2 aromatic carbocycles. The third-order valence-corrected chi connectivity index (χ3v) is 7.54. The molecule has 1 atom stereocenters. The summed E-state index contributed by atoms with van der Waals surface area (Å²) in [5.41, 5.74) is -0.181. The average Bonchev–Trinajstić information content (AvgIpc) is 3.04. The molecule has 0 fully saturated rings. The third kappa shape index (κ3) is 3.98. The standard InChI is InChI=1S/C19H19ClNO6PS/c1-3-26-19(22)17-18(28(23)27-4-2)15-12-13(20)10-11-16(15)21(17)29(24,25)14-8-6-5-7-9-14/h5-12,28H,3-4H2,1-2H3. The highest BCUT2D eigenvalue weighted by molar-refractivity contribution is 7.90. The molecule has 0 aliphatic carbocycles. The molecule has 1 aromatic heterocycles. The first kappa shape index (κ1) is 21.6. The lowest BCUT2D eigenvalue weighted by molar-refractivity contribution is 0.0520. The fourth-order valence-corrected chi connectivity index (χ4v) is 6.00. The molecule has 0 aliphatic rings. The minimum atomic E-state index is -4.21. The fourth-order valence-electron chi connectivity index (χ4n) is 2.98. The number of aromatic nitrogens is 1. The zero-order chi connectivity index (χ0) is 21.2. The molecule has 29 heavy (non-hydrogen) atoms. The van der Waals surface area contributed by atoms with Gasteiger partial charge in [0.25, 0.3) is 10.0 Å². The molecule has 3 rings (SSSR count). The van der Waals surface area contributed by atoms with Crippen molar-refractivity contribution in [3.05, 3.63) is 59.2 Å². The second-order valence-corrected chi connectivity index (χ2v) is 9.50. The molecule has 0 bridgehead atoms. The van der Waals surface area contributed by atoms with E-state index >= 15 is 0 Å². The molecule has 10 heteroatoms. The van der Waals surface area contributed by atoms with E-state index in [1.54, 1.807) is 32.0 Å². The summed E-state index contributed by atoms with van der Waals surface area (Å²) in [6.07, 6.45) is 0. The van der Waals surface area contributed by atoms with E-state index in [0.717, 1.165) is 3.97 Å². The average molecular weight is 456 g/mol. The van der Waals surface area contributed by atoms with Crippen LogP contribution in [0.5, 0.6) is 0 Å². The highest BCUT2D eigenvalue weighted by Gasteiger charge is 2.34. The van der Waals surface area contributed by atoms with Crippen molar-refractivity contribution in [2.75, 3.05) is 13.2 Å². The quantitative estimate of drug-likeness (QED) is 0.397. The van der Waals surface area contributed by atoms with Gasteiger partial charge in [-0.1, -0.05) is 29.8 Å². The molecule has 3 aromatic rings. The number of esters is 1. The molecule has 1 heterocycles. The topological polar surface area (TPSA) is 91.7 Å². The van der Waals surface area contributed by atoms with Crippen LogP contribution in [0.3, 0.4) is 0 Å². The maximum Gasteiger partial charge on any atom is 0.356 e. The number of rotatable bonds is 7. The van der Waals surface area contributed by atoms with Gasteiger partial charge in [0, 0.05) is 10.4 Å². The van der Waals surface area contributed by atoms with Crippen molar-refractivity contribution < 1.29 is 27.0 Å². The minimum Gasteiger partial charge on any atom is -0.461 e. The largest absolute Gasteiger partial charge is 0.461 e. The number of hydrogen-bond acceptors (Lipinski definition) is 6. The van der Waals surface area contributed by atoms with Crippen LogP contribution < -0.4 is 5.30 Å². The van der Waals surface area contributed by atoms with Crippen LogP contribution in [0.15, 0.2) is 53.4 Å². The molecular formula is C19H19ClNO6PS. The number of carbonyl (C=O) groups excluding carboxylic acids is 1. The van der Waals surface area contributed by atoms with E-state index in [1.807, 2.05) is 0 Å². The summed E-state index contributed by atoms with van der Waals surface area (Å²) >= 11 is 6.10. The van der Waals surface area contributed by atoms with E-state index in [1.165, 1.54) is 30.3 Å². The van der Waals surface area contributed by atoms with Crippen molar-refractivity contribution in [1.29, 1.82) is 0 Å². The van der Waals surface area contributed by atoms with Gasteiger partial charge < -0.3 is 9.26 Å². The van der Waals surface area contributed by atoms with Gasteiger partial charge in [-0.3, -0.25) is 4.57 Å². The highest BCUT2D eigenvalue weighted by atomic mass is 35.5. The van der Waals surface area contributed by atoms with E-state index < -0.39 is 24.0 Å². The fraction of sp³-hybridized carbons (Fsp3) is 0.211. The first-order chi connectivity index (χ1) is 13.8. The van der Waals surface area contributed by atoms with E-state index in [9.17, 15) is 17.8 Å². The summed E-state index contributed by atoms with van der Waals surface area (Å²) in [5, 5.41) is 0.541. The first-order valence-corrected chi connectivity index (χ1v) is 11.9. The Morgan fingerprint density at radius 2 is 1.79 bits per heavy atom. The number of benzene rings is 2. The maximum absolute atomic E-state index is 13.4. The van der Waals surface area contributed by atoms with Crippen LogP contribution in [0, 0.1) is 0 Å². The summed E-state index contributed by atoms with van der Waals surface area (Å²) < 4.78 is 51.0. The van der Waals surface area contributed by atoms with E-state index in [0.29, 0.717) is 5.02 Å². The van der Waals surface area contributed by atoms with Gasteiger partial charge in [0.15, 0.2) is 5.69 Å². The van der Waals surface area contributed by atoms with Gasteiger partial charge in [-0.25, -0.2) is 17.2 Å². The Hall–Kier alpha value is -2.12. The molecule has 0 radical (unpaired) electrons. The lowest BCUT2D eigenvalue weighted by atomic mass is 10.2. The Morgan fingerprint density at radius 1 is 1.10 bits per heavy atom. The Bertz CT molecular complexity index is 1190. The van der Waals surface area contributed by atoms with Crippen LogP contribution >= 0.6 is 19.6 Å². The zero-order valence-corrected chi connectivity index (χ0v) is 18.3. The van der Waals surface area contributed by atoms with Gasteiger partial charge >= 0.3 is 5.97 Å².